The summed E-state index contributed by atoms with van der Waals surface area (Å²) >= 11 is 0. The number of carbonyl (C=O) groups is 1. The average molecular weight is 341 g/mol. The first kappa shape index (κ1) is 17.6. The highest BCUT2D eigenvalue weighted by atomic mass is 16.2. The lowest BCUT2D eigenvalue weighted by Crippen LogP contribution is -2.47. The van der Waals surface area contributed by atoms with Crippen LogP contribution in [0.5, 0.6) is 0 Å². The lowest BCUT2D eigenvalue weighted by molar-refractivity contribution is -0.124. The summed E-state index contributed by atoms with van der Waals surface area (Å²) in [5.74, 6) is 1.62. The molecule has 1 amide bonds. The molecule has 1 fully saturated rings. The molecule has 134 valence electrons. The first-order chi connectivity index (χ1) is 12.0. The maximum absolute atomic E-state index is 12.4. The van der Waals surface area contributed by atoms with Gasteiger partial charge in [-0.3, -0.25) is 14.8 Å². The van der Waals surface area contributed by atoms with E-state index in [0.717, 1.165) is 37.2 Å². The minimum Gasteiger partial charge on any atom is -0.350 e. The Kier molecular flexibility index (Phi) is 5.18. The molecule has 2 aromatic rings. The zero-order chi connectivity index (χ0) is 17.9. The molecule has 3 rings (SSSR count). The van der Waals surface area contributed by atoms with E-state index in [4.69, 9.17) is 0 Å². The van der Waals surface area contributed by atoms with Crippen LogP contribution in [0.1, 0.15) is 51.9 Å². The molecule has 2 heterocycles. The van der Waals surface area contributed by atoms with Gasteiger partial charge in [0.2, 0.25) is 5.91 Å². The summed E-state index contributed by atoms with van der Waals surface area (Å²) in [5.41, 5.74) is 0.830. The van der Waals surface area contributed by atoms with E-state index in [1.54, 1.807) is 0 Å². The SMILES string of the molecule is CCC(C)(C)NC(=O)CN1CCC[C@H]1c1nc(-c2ccccc2)n[nH]1. The summed E-state index contributed by atoms with van der Waals surface area (Å²) in [6.07, 6.45) is 2.97. The number of likely N-dealkylation sites (tertiary alicyclic amines) is 1. The smallest absolute Gasteiger partial charge is 0.234 e. The Bertz CT molecular complexity index is 710. The molecule has 1 saturated heterocycles. The van der Waals surface area contributed by atoms with Crippen LogP contribution in [-0.4, -0.2) is 44.6 Å². The predicted molar refractivity (Wildman–Crippen MR) is 97.9 cm³/mol. The molecule has 6 nitrogen and oxygen atoms in total. The highest BCUT2D eigenvalue weighted by Gasteiger charge is 2.31. The molecule has 0 aliphatic carbocycles. The van der Waals surface area contributed by atoms with Crippen molar-refractivity contribution in [2.75, 3.05) is 13.1 Å². The molecule has 1 aliphatic rings. The fourth-order valence-electron chi connectivity index (χ4n) is 3.15. The predicted octanol–water partition coefficient (Wildman–Crippen LogP) is 2.91. The Morgan fingerprint density at radius 3 is 2.84 bits per heavy atom. The van der Waals surface area contributed by atoms with Gasteiger partial charge in [-0.25, -0.2) is 4.98 Å². The molecule has 1 aromatic carbocycles. The molecule has 0 radical (unpaired) electrons. The van der Waals surface area contributed by atoms with Crippen LogP contribution < -0.4 is 5.32 Å². The zero-order valence-corrected chi connectivity index (χ0v) is 15.2. The van der Waals surface area contributed by atoms with E-state index in [-0.39, 0.29) is 17.5 Å². The van der Waals surface area contributed by atoms with E-state index in [0.29, 0.717) is 12.4 Å². The van der Waals surface area contributed by atoms with Crippen molar-refractivity contribution in [2.24, 2.45) is 0 Å². The second-order valence-corrected chi connectivity index (χ2v) is 7.32. The summed E-state index contributed by atoms with van der Waals surface area (Å²) in [6, 6.07) is 10.1. The third-order valence-electron chi connectivity index (χ3n) is 4.92. The second-order valence-electron chi connectivity index (χ2n) is 7.32. The van der Waals surface area contributed by atoms with Crippen molar-refractivity contribution in [2.45, 2.75) is 51.6 Å². The molecule has 0 bridgehead atoms. The third-order valence-corrected chi connectivity index (χ3v) is 4.92. The van der Waals surface area contributed by atoms with Crippen LogP contribution in [0.2, 0.25) is 0 Å². The van der Waals surface area contributed by atoms with Crippen LogP contribution in [-0.2, 0) is 4.79 Å². The molecule has 1 aromatic heterocycles. The van der Waals surface area contributed by atoms with Gasteiger partial charge in [0, 0.05) is 11.1 Å². The first-order valence-electron chi connectivity index (χ1n) is 9.01. The zero-order valence-electron chi connectivity index (χ0n) is 15.2. The largest absolute Gasteiger partial charge is 0.350 e. The number of aromatic amines is 1. The molecular weight excluding hydrogens is 314 g/mol. The van der Waals surface area contributed by atoms with Crippen LogP contribution in [0.3, 0.4) is 0 Å². The molecule has 1 atom stereocenters. The summed E-state index contributed by atoms with van der Waals surface area (Å²) in [5, 5.41) is 10.5. The van der Waals surface area contributed by atoms with E-state index in [9.17, 15) is 4.79 Å². The minimum atomic E-state index is -0.168. The van der Waals surface area contributed by atoms with Crippen LogP contribution in [0, 0.1) is 0 Å². The van der Waals surface area contributed by atoms with Gasteiger partial charge in [0.25, 0.3) is 0 Å². The number of benzene rings is 1. The van der Waals surface area contributed by atoms with E-state index < -0.39 is 0 Å². The summed E-state index contributed by atoms with van der Waals surface area (Å²) in [4.78, 5) is 19.2. The number of rotatable bonds is 6. The number of H-pyrrole nitrogens is 1. The molecule has 2 N–H and O–H groups in total. The molecule has 0 saturated carbocycles. The van der Waals surface area contributed by atoms with Gasteiger partial charge < -0.3 is 5.32 Å². The Morgan fingerprint density at radius 1 is 1.36 bits per heavy atom. The number of nitrogens with one attached hydrogen (secondary N) is 2. The molecule has 1 aliphatic heterocycles. The average Bonchev–Trinajstić information content (AvgIpc) is 3.24. The van der Waals surface area contributed by atoms with E-state index in [1.165, 1.54) is 0 Å². The molecule has 0 spiro atoms. The number of carbonyl (C=O) groups excluding carboxylic acids is 1. The van der Waals surface area contributed by atoms with Crippen molar-refractivity contribution >= 4 is 5.91 Å². The standard InChI is InChI=1S/C19H27N5O/c1-4-19(2,3)21-16(25)13-24-12-8-11-15(24)18-20-17(22-23-18)14-9-6-5-7-10-14/h5-7,9-10,15H,4,8,11-13H2,1-3H3,(H,21,25)(H,20,22,23)/t15-/m0/s1. The van der Waals surface area contributed by atoms with E-state index in [1.807, 2.05) is 30.3 Å². The lowest BCUT2D eigenvalue weighted by atomic mass is 10.0. The van der Waals surface area contributed by atoms with Crippen molar-refractivity contribution in [3.05, 3.63) is 36.2 Å². The van der Waals surface area contributed by atoms with Crippen molar-refractivity contribution in [3.63, 3.8) is 0 Å². The Balaban J connectivity index is 1.68. The Hall–Kier alpha value is -2.21. The second kappa shape index (κ2) is 7.35. The number of nitrogens with zero attached hydrogens (tertiary/aromatic N) is 3. The van der Waals surface area contributed by atoms with E-state index >= 15 is 0 Å². The third kappa shape index (κ3) is 4.25. The van der Waals surface area contributed by atoms with Crippen molar-refractivity contribution < 1.29 is 4.79 Å². The summed E-state index contributed by atoms with van der Waals surface area (Å²) in [6.45, 7) is 7.49. The molecule has 0 unspecified atom stereocenters. The topological polar surface area (TPSA) is 73.9 Å². The van der Waals surface area contributed by atoms with Gasteiger partial charge >= 0.3 is 0 Å². The van der Waals surface area contributed by atoms with Crippen LogP contribution in [0.25, 0.3) is 11.4 Å². The fraction of sp³-hybridized carbons (Fsp3) is 0.526. The summed E-state index contributed by atoms with van der Waals surface area (Å²) < 4.78 is 0. The summed E-state index contributed by atoms with van der Waals surface area (Å²) in [7, 11) is 0. The van der Waals surface area contributed by atoms with Gasteiger partial charge in [0.05, 0.1) is 12.6 Å². The molecule has 25 heavy (non-hydrogen) atoms. The highest BCUT2D eigenvalue weighted by Crippen LogP contribution is 2.30. The van der Waals surface area contributed by atoms with Gasteiger partial charge in [-0.2, -0.15) is 5.10 Å². The first-order valence-corrected chi connectivity index (χ1v) is 9.01. The normalized spacial score (nSPS) is 18.4. The van der Waals surface area contributed by atoms with Gasteiger partial charge in [-0.1, -0.05) is 37.3 Å². The van der Waals surface area contributed by atoms with Crippen LogP contribution in [0.4, 0.5) is 0 Å². The maximum Gasteiger partial charge on any atom is 0.234 e. The van der Waals surface area contributed by atoms with Crippen LogP contribution in [0.15, 0.2) is 30.3 Å². The van der Waals surface area contributed by atoms with Gasteiger partial charge in [0.15, 0.2) is 5.82 Å². The van der Waals surface area contributed by atoms with Crippen molar-refractivity contribution in [3.8, 4) is 11.4 Å². The van der Waals surface area contributed by atoms with Gasteiger partial charge in [-0.15, -0.1) is 0 Å². The quantitative estimate of drug-likeness (QED) is 0.847. The molecular formula is C19H27N5O. The fourth-order valence-corrected chi connectivity index (χ4v) is 3.15. The number of amides is 1. The Morgan fingerprint density at radius 2 is 2.12 bits per heavy atom. The van der Waals surface area contributed by atoms with Crippen LogP contribution >= 0.6 is 0 Å². The van der Waals surface area contributed by atoms with E-state index in [2.05, 4.69) is 46.2 Å². The van der Waals surface area contributed by atoms with Crippen molar-refractivity contribution in [1.82, 2.24) is 25.4 Å². The number of hydrogen-bond donors (Lipinski definition) is 2. The minimum absolute atomic E-state index is 0.0709. The van der Waals surface area contributed by atoms with Gasteiger partial charge in [0.1, 0.15) is 5.82 Å². The van der Waals surface area contributed by atoms with Gasteiger partial charge in [-0.05, 0) is 39.7 Å². The monoisotopic (exact) mass is 341 g/mol. The maximum atomic E-state index is 12.4. The Labute approximate surface area is 149 Å². The van der Waals surface area contributed by atoms with Crippen molar-refractivity contribution in [1.29, 1.82) is 0 Å². The highest BCUT2D eigenvalue weighted by molar-refractivity contribution is 5.78. The number of aromatic nitrogens is 3. The number of hydrogen-bond acceptors (Lipinski definition) is 4. The lowest BCUT2D eigenvalue weighted by Gasteiger charge is -2.27. The molecule has 6 heteroatoms.